The van der Waals surface area contributed by atoms with Crippen molar-refractivity contribution < 1.29 is 24.0 Å². The first-order chi connectivity index (χ1) is 15.4. The Morgan fingerprint density at radius 3 is 2.19 bits per heavy atom. The molecule has 0 heterocycles. The second-order valence-electron chi connectivity index (χ2n) is 6.58. The van der Waals surface area contributed by atoms with Crippen LogP contribution in [0.5, 0.6) is 11.5 Å². The summed E-state index contributed by atoms with van der Waals surface area (Å²) in [6.07, 6.45) is 1.48. The van der Waals surface area contributed by atoms with E-state index < -0.39 is 10.9 Å². The first-order valence-corrected chi connectivity index (χ1v) is 9.46. The minimum Gasteiger partial charge on any atom is -0.497 e. The highest BCUT2D eigenvalue weighted by Crippen LogP contribution is 2.16. The summed E-state index contributed by atoms with van der Waals surface area (Å²) in [6, 6.07) is 18.9. The Morgan fingerprint density at radius 1 is 0.969 bits per heavy atom. The number of methoxy groups -OCH3 is 1. The number of amides is 1. The summed E-state index contributed by atoms with van der Waals surface area (Å²) in [4.78, 5) is 34.3. The van der Waals surface area contributed by atoms with E-state index in [1.807, 2.05) is 0 Å². The third-order valence-electron chi connectivity index (χ3n) is 4.33. The number of nitrogens with one attached hydrogen (secondary N) is 1. The number of nitro benzene ring substituents is 1. The van der Waals surface area contributed by atoms with Gasteiger partial charge in [-0.05, 0) is 59.7 Å². The third kappa shape index (κ3) is 6.23. The molecule has 0 radical (unpaired) electrons. The lowest BCUT2D eigenvalue weighted by atomic mass is 10.1. The van der Waals surface area contributed by atoms with Crippen molar-refractivity contribution in [3.8, 4) is 11.5 Å². The number of esters is 1. The van der Waals surface area contributed by atoms with Crippen LogP contribution in [0, 0.1) is 10.1 Å². The number of carbonyl (C=O) groups excluding carboxylic acids is 2. The smallest absolute Gasteiger partial charge is 0.343 e. The van der Waals surface area contributed by atoms with E-state index in [9.17, 15) is 19.7 Å². The first kappa shape index (κ1) is 22.2. The summed E-state index contributed by atoms with van der Waals surface area (Å²) >= 11 is 0. The van der Waals surface area contributed by atoms with Crippen molar-refractivity contribution >= 4 is 23.8 Å². The lowest BCUT2D eigenvalue weighted by Gasteiger charge is -2.05. The van der Waals surface area contributed by atoms with Crippen LogP contribution >= 0.6 is 0 Å². The summed E-state index contributed by atoms with van der Waals surface area (Å²) < 4.78 is 10.4. The molecule has 1 amide bonds. The number of hydrogen-bond donors (Lipinski definition) is 1. The van der Waals surface area contributed by atoms with Gasteiger partial charge < -0.3 is 9.47 Å². The average Bonchev–Trinajstić information content (AvgIpc) is 2.80. The molecule has 3 aromatic carbocycles. The van der Waals surface area contributed by atoms with Gasteiger partial charge in [0.05, 0.1) is 30.2 Å². The van der Waals surface area contributed by atoms with Crippen LogP contribution in [-0.2, 0) is 11.2 Å². The Bertz CT molecular complexity index is 1120. The maximum Gasteiger partial charge on any atom is 0.343 e. The maximum atomic E-state index is 12.2. The number of carbonyl (C=O) groups is 2. The van der Waals surface area contributed by atoms with Crippen LogP contribution in [0.3, 0.4) is 0 Å². The van der Waals surface area contributed by atoms with Crippen molar-refractivity contribution in [2.45, 2.75) is 6.42 Å². The van der Waals surface area contributed by atoms with Gasteiger partial charge in [-0.15, -0.1) is 0 Å². The normalized spacial score (nSPS) is 10.5. The zero-order chi connectivity index (χ0) is 22.9. The Kier molecular flexibility index (Phi) is 7.26. The Morgan fingerprint density at radius 2 is 1.59 bits per heavy atom. The van der Waals surface area contributed by atoms with Crippen molar-refractivity contribution in [3.63, 3.8) is 0 Å². The average molecular weight is 433 g/mol. The number of nitrogens with zero attached hydrogens (tertiary/aromatic N) is 2. The number of hydrazone groups is 1. The molecule has 0 aliphatic carbocycles. The van der Waals surface area contributed by atoms with Crippen LogP contribution in [0.25, 0.3) is 0 Å². The monoisotopic (exact) mass is 433 g/mol. The highest BCUT2D eigenvalue weighted by atomic mass is 16.6. The number of rotatable bonds is 8. The highest BCUT2D eigenvalue weighted by Gasteiger charge is 2.09. The van der Waals surface area contributed by atoms with E-state index in [0.29, 0.717) is 28.2 Å². The Hall–Kier alpha value is -4.53. The lowest BCUT2D eigenvalue weighted by Crippen LogP contribution is -2.19. The highest BCUT2D eigenvalue weighted by molar-refractivity contribution is 5.91. The van der Waals surface area contributed by atoms with Crippen LogP contribution in [0.1, 0.15) is 21.5 Å². The van der Waals surface area contributed by atoms with E-state index >= 15 is 0 Å². The fraction of sp³-hybridized carbons (Fsp3) is 0.0870. The third-order valence-corrected chi connectivity index (χ3v) is 4.33. The van der Waals surface area contributed by atoms with Gasteiger partial charge in [0.2, 0.25) is 5.91 Å². The SMILES string of the molecule is COc1ccc(C(=O)Oc2ccc(C=NNC(=O)Cc3ccc([N+](=O)[O-])cc3)cc2)cc1. The Labute approximate surface area is 183 Å². The molecular weight excluding hydrogens is 414 g/mol. The molecule has 32 heavy (non-hydrogen) atoms. The van der Waals surface area contributed by atoms with Gasteiger partial charge in [-0.25, -0.2) is 10.2 Å². The molecule has 9 heteroatoms. The van der Waals surface area contributed by atoms with Crippen LogP contribution in [0.4, 0.5) is 5.69 Å². The lowest BCUT2D eigenvalue weighted by molar-refractivity contribution is -0.384. The van der Waals surface area contributed by atoms with Crippen molar-refractivity contribution in [3.05, 3.63) is 99.6 Å². The second kappa shape index (κ2) is 10.5. The van der Waals surface area contributed by atoms with Gasteiger partial charge in [-0.3, -0.25) is 14.9 Å². The minimum atomic E-state index is -0.501. The molecule has 0 fully saturated rings. The van der Waals surface area contributed by atoms with Crippen LogP contribution in [0.15, 0.2) is 77.9 Å². The predicted octanol–water partition coefficient (Wildman–Crippen LogP) is 3.52. The number of ether oxygens (including phenoxy) is 2. The van der Waals surface area contributed by atoms with Gasteiger partial charge in [0.1, 0.15) is 11.5 Å². The summed E-state index contributed by atoms with van der Waals surface area (Å²) in [7, 11) is 1.54. The molecule has 0 saturated heterocycles. The number of benzene rings is 3. The molecule has 9 nitrogen and oxygen atoms in total. The number of non-ortho nitro benzene ring substituents is 1. The molecule has 162 valence electrons. The van der Waals surface area contributed by atoms with Crippen LogP contribution in [-0.4, -0.2) is 30.1 Å². The molecule has 0 aliphatic heterocycles. The molecule has 1 N–H and O–H groups in total. The molecule has 0 aliphatic rings. The Balaban J connectivity index is 1.49. The zero-order valence-electron chi connectivity index (χ0n) is 17.1. The van der Waals surface area contributed by atoms with Crippen molar-refractivity contribution in [2.75, 3.05) is 7.11 Å². The largest absolute Gasteiger partial charge is 0.497 e. The molecule has 0 saturated carbocycles. The summed E-state index contributed by atoms with van der Waals surface area (Å²) in [5.41, 5.74) is 4.07. The van der Waals surface area contributed by atoms with E-state index in [4.69, 9.17) is 9.47 Å². The van der Waals surface area contributed by atoms with E-state index in [2.05, 4.69) is 10.5 Å². The molecule has 0 spiro atoms. The van der Waals surface area contributed by atoms with Gasteiger partial charge in [0.15, 0.2) is 0 Å². The van der Waals surface area contributed by atoms with E-state index in [1.165, 1.54) is 30.5 Å². The molecule has 0 bridgehead atoms. The van der Waals surface area contributed by atoms with Gasteiger partial charge in [0.25, 0.3) is 5.69 Å². The zero-order valence-corrected chi connectivity index (χ0v) is 17.1. The fourth-order valence-corrected chi connectivity index (χ4v) is 2.65. The van der Waals surface area contributed by atoms with E-state index in [0.717, 1.165) is 0 Å². The van der Waals surface area contributed by atoms with E-state index in [1.54, 1.807) is 55.6 Å². The van der Waals surface area contributed by atoms with E-state index in [-0.39, 0.29) is 18.0 Å². The van der Waals surface area contributed by atoms with Gasteiger partial charge >= 0.3 is 5.97 Å². The maximum absolute atomic E-state index is 12.2. The van der Waals surface area contributed by atoms with Gasteiger partial charge in [-0.1, -0.05) is 12.1 Å². The van der Waals surface area contributed by atoms with Crippen LogP contribution in [0.2, 0.25) is 0 Å². The quantitative estimate of drug-likeness (QED) is 0.191. The number of nitro groups is 1. The molecule has 0 unspecified atom stereocenters. The molecule has 0 atom stereocenters. The van der Waals surface area contributed by atoms with Crippen molar-refractivity contribution in [1.82, 2.24) is 5.43 Å². The van der Waals surface area contributed by atoms with Crippen molar-refractivity contribution in [1.29, 1.82) is 0 Å². The second-order valence-corrected chi connectivity index (χ2v) is 6.58. The van der Waals surface area contributed by atoms with Gasteiger partial charge in [0, 0.05) is 12.1 Å². The fourth-order valence-electron chi connectivity index (χ4n) is 2.65. The van der Waals surface area contributed by atoms with Gasteiger partial charge in [-0.2, -0.15) is 5.10 Å². The first-order valence-electron chi connectivity index (χ1n) is 9.46. The summed E-state index contributed by atoms with van der Waals surface area (Å²) in [5, 5.41) is 14.5. The molecule has 0 aromatic heterocycles. The molecular formula is C23H19N3O6. The minimum absolute atomic E-state index is 0.0368. The van der Waals surface area contributed by atoms with Crippen molar-refractivity contribution in [2.24, 2.45) is 5.10 Å². The summed E-state index contributed by atoms with van der Waals surface area (Å²) in [5.74, 6) is 0.155. The summed E-state index contributed by atoms with van der Waals surface area (Å²) in [6.45, 7) is 0. The standard InChI is InChI=1S/C23H19N3O6/c1-31-20-12-6-18(7-13-20)23(28)32-21-10-4-17(5-11-21)15-24-25-22(27)14-16-2-8-19(9-3-16)26(29)30/h2-13,15H,14H2,1H3,(H,25,27). The predicted molar refractivity (Wildman–Crippen MR) is 117 cm³/mol. The van der Waals surface area contributed by atoms with Crippen LogP contribution < -0.4 is 14.9 Å². The molecule has 3 aromatic rings. The topological polar surface area (TPSA) is 120 Å². The molecule has 3 rings (SSSR count). The number of hydrogen-bond acceptors (Lipinski definition) is 7.